The van der Waals surface area contributed by atoms with Crippen molar-refractivity contribution in [2.45, 2.75) is 44.2 Å². The first kappa shape index (κ1) is 17.6. The molecular formula is C21H25NO3S. The molecule has 26 heavy (non-hydrogen) atoms. The second-order valence-electron chi connectivity index (χ2n) is 7.27. The molecule has 1 atom stereocenters. The Bertz CT molecular complexity index is 762. The van der Waals surface area contributed by atoms with Crippen molar-refractivity contribution in [1.29, 1.82) is 0 Å². The van der Waals surface area contributed by atoms with Crippen LogP contribution in [0.25, 0.3) is 0 Å². The maximum atomic E-state index is 13.3. The molecule has 2 heterocycles. The van der Waals surface area contributed by atoms with Gasteiger partial charge >= 0.3 is 0 Å². The molecule has 5 heteroatoms. The second kappa shape index (κ2) is 7.41. The fourth-order valence-electron chi connectivity index (χ4n) is 4.22. The maximum absolute atomic E-state index is 13.3. The molecule has 1 N–H and O–H groups in total. The number of carbonyl (C=O) groups excluding carboxylic acids is 1. The van der Waals surface area contributed by atoms with Gasteiger partial charge in [-0.3, -0.25) is 4.79 Å². The zero-order chi connectivity index (χ0) is 18.1. The van der Waals surface area contributed by atoms with Gasteiger partial charge in [0.1, 0.15) is 5.75 Å². The molecule has 1 saturated carbocycles. The van der Waals surface area contributed by atoms with E-state index in [4.69, 9.17) is 4.74 Å². The quantitative estimate of drug-likeness (QED) is 0.893. The SMILES string of the molecule is COc1ccc(C2c3sccc3CCN2C(=O)C2CCC(O)CC2)cc1. The number of hydrogen-bond acceptors (Lipinski definition) is 4. The Hall–Kier alpha value is -1.85. The van der Waals surface area contributed by atoms with Gasteiger partial charge in [-0.1, -0.05) is 12.1 Å². The molecule has 0 saturated heterocycles. The van der Waals surface area contributed by atoms with Gasteiger partial charge in [-0.2, -0.15) is 0 Å². The van der Waals surface area contributed by atoms with Crippen LogP contribution in [0.15, 0.2) is 35.7 Å². The lowest BCUT2D eigenvalue weighted by Gasteiger charge is -2.39. The summed E-state index contributed by atoms with van der Waals surface area (Å²) >= 11 is 1.74. The van der Waals surface area contributed by atoms with Crippen LogP contribution >= 0.6 is 11.3 Å². The van der Waals surface area contributed by atoms with E-state index in [1.165, 1.54) is 10.4 Å². The first-order chi connectivity index (χ1) is 12.7. The van der Waals surface area contributed by atoms with Gasteiger partial charge < -0.3 is 14.7 Å². The molecule has 1 aromatic carbocycles. The Labute approximate surface area is 158 Å². The Morgan fingerprint density at radius 1 is 1.15 bits per heavy atom. The summed E-state index contributed by atoms with van der Waals surface area (Å²) in [6.45, 7) is 0.762. The molecule has 4 rings (SSSR count). The molecule has 2 aliphatic rings. The summed E-state index contributed by atoms with van der Waals surface area (Å²) in [6.07, 6.45) is 3.75. The molecule has 1 unspecified atom stereocenters. The van der Waals surface area contributed by atoms with Gasteiger partial charge in [0.2, 0.25) is 5.91 Å². The first-order valence-corrected chi connectivity index (χ1v) is 10.2. The summed E-state index contributed by atoms with van der Waals surface area (Å²) in [5, 5.41) is 11.9. The average molecular weight is 372 g/mol. The number of benzene rings is 1. The number of ether oxygens (including phenoxy) is 1. The third-order valence-corrected chi connectivity index (χ3v) is 6.73. The Balaban J connectivity index is 1.65. The van der Waals surface area contributed by atoms with Gasteiger partial charge in [0.25, 0.3) is 0 Å². The van der Waals surface area contributed by atoms with Crippen molar-refractivity contribution in [3.63, 3.8) is 0 Å². The number of fused-ring (bicyclic) bond motifs is 1. The lowest BCUT2D eigenvalue weighted by Crippen LogP contribution is -2.44. The minimum absolute atomic E-state index is 0.0102. The van der Waals surface area contributed by atoms with Crippen LogP contribution in [0.1, 0.15) is 47.7 Å². The van der Waals surface area contributed by atoms with E-state index in [9.17, 15) is 9.90 Å². The molecule has 0 spiro atoms. The molecule has 1 fully saturated rings. The summed E-state index contributed by atoms with van der Waals surface area (Å²) in [5.74, 6) is 1.12. The summed E-state index contributed by atoms with van der Waals surface area (Å²) < 4.78 is 5.29. The zero-order valence-electron chi connectivity index (χ0n) is 15.1. The summed E-state index contributed by atoms with van der Waals surface area (Å²) in [5.41, 5.74) is 2.50. The third-order valence-electron chi connectivity index (χ3n) is 5.72. The van der Waals surface area contributed by atoms with Crippen molar-refractivity contribution in [3.8, 4) is 5.75 Å². The summed E-state index contributed by atoms with van der Waals surface area (Å²) in [4.78, 5) is 16.7. The molecule has 1 aliphatic carbocycles. The minimum atomic E-state index is -0.235. The predicted octanol–water partition coefficient (Wildman–Crippen LogP) is 3.78. The highest BCUT2D eigenvalue weighted by Gasteiger charge is 2.37. The first-order valence-electron chi connectivity index (χ1n) is 9.36. The van der Waals surface area contributed by atoms with Gasteiger partial charge in [0, 0.05) is 17.3 Å². The maximum Gasteiger partial charge on any atom is 0.226 e. The normalized spacial score (nSPS) is 25.6. The zero-order valence-corrected chi connectivity index (χ0v) is 15.9. The lowest BCUT2D eigenvalue weighted by molar-refractivity contribution is -0.139. The molecule has 1 aromatic heterocycles. The number of methoxy groups -OCH3 is 1. The van der Waals surface area contributed by atoms with Gasteiger partial charge in [-0.15, -0.1) is 11.3 Å². The predicted molar refractivity (Wildman–Crippen MR) is 103 cm³/mol. The fourth-order valence-corrected chi connectivity index (χ4v) is 5.31. The van der Waals surface area contributed by atoms with Crippen molar-refractivity contribution in [1.82, 2.24) is 4.90 Å². The fraction of sp³-hybridized carbons (Fsp3) is 0.476. The molecule has 0 bridgehead atoms. The van der Waals surface area contributed by atoms with Crippen LogP contribution in [-0.2, 0) is 11.2 Å². The van der Waals surface area contributed by atoms with E-state index in [2.05, 4.69) is 28.5 Å². The highest BCUT2D eigenvalue weighted by Crippen LogP contribution is 2.40. The number of rotatable bonds is 3. The van der Waals surface area contributed by atoms with E-state index < -0.39 is 0 Å². The van der Waals surface area contributed by atoms with Crippen LogP contribution in [0.2, 0.25) is 0 Å². The summed E-state index contributed by atoms with van der Waals surface area (Å²) in [6, 6.07) is 10.3. The lowest BCUT2D eigenvalue weighted by atomic mass is 9.85. The van der Waals surface area contributed by atoms with E-state index in [1.807, 2.05) is 12.1 Å². The van der Waals surface area contributed by atoms with E-state index in [1.54, 1.807) is 18.4 Å². The van der Waals surface area contributed by atoms with Crippen LogP contribution in [0.3, 0.4) is 0 Å². The van der Waals surface area contributed by atoms with Crippen LogP contribution in [-0.4, -0.2) is 35.7 Å². The molecule has 138 valence electrons. The van der Waals surface area contributed by atoms with Gasteiger partial charge in [-0.25, -0.2) is 0 Å². The standard InChI is InChI=1S/C21H25NO3S/c1-25-18-8-4-14(5-9-18)19-20-15(11-13-26-20)10-12-22(19)21(24)16-2-6-17(23)7-3-16/h4-5,8-9,11,13,16-17,19,23H,2-3,6-7,10,12H2,1H3. The number of nitrogens with zero attached hydrogens (tertiary/aromatic N) is 1. The molecule has 0 radical (unpaired) electrons. The van der Waals surface area contributed by atoms with Crippen molar-refractivity contribution < 1.29 is 14.6 Å². The second-order valence-corrected chi connectivity index (χ2v) is 8.22. The monoisotopic (exact) mass is 371 g/mol. The number of aliphatic hydroxyl groups excluding tert-OH is 1. The van der Waals surface area contributed by atoms with Crippen LogP contribution in [0, 0.1) is 5.92 Å². The van der Waals surface area contributed by atoms with Crippen LogP contribution in [0.5, 0.6) is 5.75 Å². The van der Waals surface area contributed by atoms with Crippen molar-refractivity contribution in [3.05, 3.63) is 51.7 Å². The van der Waals surface area contributed by atoms with Crippen LogP contribution in [0.4, 0.5) is 0 Å². The Morgan fingerprint density at radius 3 is 2.58 bits per heavy atom. The van der Waals surface area contributed by atoms with Gasteiger partial charge in [0.15, 0.2) is 0 Å². The number of aliphatic hydroxyl groups is 1. The minimum Gasteiger partial charge on any atom is -0.497 e. The van der Waals surface area contributed by atoms with Crippen molar-refractivity contribution >= 4 is 17.2 Å². The van der Waals surface area contributed by atoms with Gasteiger partial charge in [-0.05, 0) is 66.8 Å². The summed E-state index contributed by atoms with van der Waals surface area (Å²) in [7, 11) is 1.67. The molecular weight excluding hydrogens is 346 g/mol. The number of thiophene rings is 1. The highest BCUT2D eigenvalue weighted by atomic mass is 32.1. The van der Waals surface area contributed by atoms with E-state index in [0.29, 0.717) is 0 Å². The topological polar surface area (TPSA) is 49.8 Å². The number of amides is 1. The largest absolute Gasteiger partial charge is 0.497 e. The van der Waals surface area contributed by atoms with Crippen molar-refractivity contribution in [2.75, 3.05) is 13.7 Å². The smallest absolute Gasteiger partial charge is 0.226 e. The van der Waals surface area contributed by atoms with E-state index in [-0.39, 0.29) is 24.0 Å². The molecule has 1 amide bonds. The van der Waals surface area contributed by atoms with E-state index >= 15 is 0 Å². The highest BCUT2D eigenvalue weighted by molar-refractivity contribution is 7.10. The number of hydrogen-bond donors (Lipinski definition) is 1. The molecule has 2 aromatic rings. The third kappa shape index (κ3) is 3.26. The molecule has 1 aliphatic heterocycles. The van der Waals surface area contributed by atoms with Crippen LogP contribution < -0.4 is 4.74 Å². The molecule has 4 nitrogen and oxygen atoms in total. The Kier molecular flexibility index (Phi) is 5.00. The van der Waals surface area contributed by atoms with Gasteiger partial charge in [0.05, 0.1) is 19.3 Å². The van der Waals surface area contributed by atoms with E-state index in [0.717, 1.165) is 50.0 Å². The number of carbonyl (C=O) groups is 1. The van der Waals surface area contributed by atoms with Crippen molar-refractivity contribution in [2.24, 2.45) is 5.92 Å². The Morgan fingerprint density at radius 2 is 1.88 bits per heavy atom. The average Bonchev–Trinajstić information content (AvgIpc) is 3.16.